The molecular weight excluding hydrogens is 230 g/mol. The maximum Gasteiger partial charge on any atom is 0.213 e. The van der Waals surface area contributed by atoms with Crippen LogP contribution in [-0.4, -0.2) is 10.1 Å². The number of aromatic nitrogens is 2. The summed E-state index contributed by atoms with van der Waals surface area (Å²) in [5, 5.41) is 3.79. The minimum atomic E-state index is 0.305. The SMILES string of the molecule is Cc1ccoc1-c1onc(N)c1-c1ccccn1. The third kappa shape index (κ3) is 1.57. The van der Waals surface area contributed by atoms with Gasteiger partial charge in [0.25, 0.3) is 0 Å². The lowest BCUT2D eigenvalue weighted by Crippen LogP contribution is -1.90. The first-order valence-electron chi connectivity index (χ1n) is 5.48. The highest BCUT2D eigenvalue weighted by molar-refractivity contribution is 5.83. The van der Waals surface area contributed by atoms with E-state index in [0.717, 1.165) is 5.56 Å². The highest BCUT2D eigenvalue weighted by atomic mass is 16.5. The number of nitrogen functional groups attached to an aromatic ring is 1. The molecule has 2 N–H and O–H groups in total. The van der Waals surface area contributed by atoms with E-state index in [1.165, 1.54) is 0 Å². The molecule has 0 fully saturated rings. The van der Waals surface area contributed by atoms with E-state index in [4.69, 9.17) is 14.7 Å². The Morgan fingerprint density at radius 1 is 1.17 bits per heavy atom. The van der Waals surface area contributed by atoms with Crippen LogP contribution in [0.3, 0.4) is 0 Å². The van der Waals surface area contributed by atoms with E-state index in [9.17, 15) is 0 Å². The second kappa shape index (κ2) is 4.03. The van der Waals surface area contributed by atoms with Crippen molar-refractivity contribution in [3.05, 3.63) is 42.3 Å². The van der Waals surface area contributed by atoms with Crippen LogP contribution in [-0.2, 0) is 0 Å². The number of hydrogen-bond acceptors (Lipinski definition) is 5. The van der Waals surface area contributed by atoms with E-state index in [-0.39, 0.29) is 0 Å². The third-order valence-corrected chi connectivity index (χ3v) is 2.71. The van der Waals surface area contributed by atoms with Gasteiger partial charge in [-0.2, -0.15) is 0 Å². The molecule has 3 aromatic heterocycles. The summed E-state index contributed by atoms with van der Waals surface area (Å²) >= 11 is 0. The number of nitrogens with zero attached hydrogens (tertiary/aromatic N) is 2. The largest absolute Gasteiger partial charge is 0.461 e. The van der Waals surface area contributed by atoms with Gasteiger partial charge < -0.3 is 14.7 Å². The van der Waals surface area contributed by atoms with Gasteiger partial charge in [-0.3, -0.25) is 4.98 Å². The molecule has 0 bridgehead atoms. The second-order valence-electron chi connectivity index (χ2n) is 3.92. The predicted molar refractivity (Wildman–Crippen MR) is 66.6 cm³/mol. The Bertz CT molecular complexity index is 671. The topological polar surface area (TPSA) is 78.1 Å². The molecule has 0 unspecified atom stereocenters. The molecule has 0 saturated carbocycles. The maximum absolute atomic E-state index is 5.84. The van der Waals surface area contributed by atoms with Gasteiger partial charge in [-0.1, -0.05) is 11.2 Å². The van der Waals surface area contributed by atoms with Crippen LogP contribution in [0.1, 0.15) is 5.56 Å². The smallest absolute Gasteiger partial charge is 0.213 e. The van der Waals surface area contributed by atoms with E-state index in [1.54, 1.807) is 12.5 Å². The number of pyridine rings is 1. The number of nitrogens with two attached hydrogens (primary N) is 1. The monoisotopic (exact) mass is 241 g/mol. The summed E-state index contributed by atoms with van der Waals surface area (Å²) in [5.41, 5.74) is 8.18. The van der Waals surface area contributed by atoms with Crippen LogP contribution >= 0.6 is 0 Å². The van der Waals surface area contributed by atoms with Gasteiger partial charge in [-0.05, 0) is 30.7 Å². The Hall–Kier alpha value is -2.56. The molecule has 0 aliphatic heterocycles. The molecular formula is C13H11N3O2. The van der Waals surface area contributed by atoms with Crippen molar-refractivity contribution in [1.29, 1.82) is 0 Å². The Morgan fingerprint density at radius 3 is 2.72 bits per heavy atom. The fourth-order valence-electron chi connectivity index (χ4n) is 1.82. The summed E-state index contributed by atoms with van der Waals surface area (Å²) < 4.78 is 10.7. The molecule has 5 nitrogen and oxygen atoms in total. The summed E-state index contributed by atoms with van der Waals surface area (Å²) in [6.07, 6.45) is 3.30. The summed E-state index contributed by atoms with van der Waals surface area (Å²) in [7, 11) is 0. The van der Waals surface area contributed by atoms with Crippen molar-refractivity contribution < 1.29 is 8.94 Å². The average Bonchev–Trinajstić information content (AvgIpc) is 2.96. The molecule has 0 amide bonds. The summed E-state index contributed by atoms with van der Waals surface area (Å²) in [5.74, 6) is 1.44. The number of hydrogen-bond donors (Lipinski definition) is 1. The van der Waals surface area contributed by atoms with E-state index >= 15 is 0 Å². The average molecular weight is 241 g/mol. The second-order valence-corrected chi connectivity index (χ2v) is 3.92. The minimum Gasteiger partial charge on any atom is -0.461 e. The zero-order chi connectivity index (χ0) is 12.5. The predicted octanol–water partition coefficient (Wildman–Crippen LogP) is 2.89. The quantitative estimate of drug-likeness (QED) is 0.746. The van der Waals surface area contributed by atoms with E-state index in [2.05, 4.69) is 10.1 Å². The van der Waals surface area contributed by atoms with Gasteiger partial charge in [0.2, 0.25) is 5.76 Å². The first kappa shape index (κ1) is 10.6. The molecule has 0 aliphatic rings. The molecule has 3 rings (SSSR count). The standard InChI is InChI=1S/C13H11N3O2/c1-8-5-7-17-11(8)12-10(13(14)16-18-12)9-4-2-3-6-15-9/h2-7H,1H3,(H2,14,16). The number of aryl methyl sites for hydroxylation is 1. The first-order chi connectivity index (χ1) is 8.77. The first-order valence-corrected chi connectivity index (χ1v) is 5.48. The molecule has 0 spiro atoms. The van der Waals surface area contributed by atoms with Crippen molar-refractivity contribution in [3.8, 4) is 22.8 Å². The highest BCUT2D eigenvalue weighted by Crippen LogP contribution is 2.37. The fraction of sp³-hybridized carbons (Fsp3) is 0.0769. The van der Waals surface area contributed by atoms with E-state index in [0.29, 0.717) is 28.6 Å². The zero-order valence-corrected chi connectivity index (χ0v) is 9.75. The number of rotatable bonds is 2. The van der Waals surface area contributed by atoms with Gasteiger partial charge in [0.05, 0.1) is 17.5 Å². The maximum atomic E-state index is 5.84. The lowest BCUT2D eigenvalue weighted by Gasteiger charge is -2.00. The number of anilines is 1. The van der Waals surface area contributed by atoms with Crippen LogP contribution < -0.4 is 5.73 Å². The van der Waals surface area contributed by atoms with Gasteiger partial charge >= 0.3 is 0 Å². The Kier molecular flexibility index (Phi) is 2.37. The summed E-state index contributed by atoms with van der Waals surface area (Å²) in [6.45, 7) is 1.93. The highest BCUT2D eigenvalue weighted by Gasteiger charge is 2.21. The van der Waals surface area contributed by atoms with Gasteiger partial charge in [-0.15, -0.1) is 0 Å². The molecule has 0 saturated heterocycles. The van der Waals surface area contributed by atoms with Crippen molar-refractivity contribution in [3.63, 3.8) is 0 Å². The van der Waals surface area contributed by atoms with E-state index in [1.807, 2.05) is 31.2 Å². The van der Waals surface area contributed by atoms with Crippen LogP contribution in [0.15, 0.2) is 45.7 Å². The molecule has 0 radical (unpaired) electrons. The molecule has 18 heavy (non-hydrogen) atoms. The Balaban J connectivity index is 2.22. The van der Waals surface area contributed by atoms with Crippen LogP contribution in [0.4, 0.5) is 5.82 Å². The van der Waals surface area contributed by atoms with Gasteiger partial charge in [0.1, 0.15) is 0 Å². The van der Waals surface area contributed by atoms with E-state index < -0.39 is 0 Å². The van der Waals surface area contributed by atoms with Crippen LogP contribution in [0, 0.1) is 6.92 Å². The van der Waals surface area contributed by atoms with Gasteiger partial charge in [0.15, 0.2) is 11.6 Å². The van der Waals surface area contributed by atoms with Crippen LogP contribution in [0.2, 0.25) is 0 Å². The molecule has 0 aliphatic carbocycles. The Labute approximate surface area is 103 Å². The van der Waals surface area contributed by atoms with Crippen molar-refractivity contribution >= 4 is 5.82 Å². The number of furan rings is 1. The lowest BCUT2D eigenvalue weighted by atomic mass is 10.1. The third-order valence-electron chi connectivity index (χ3n) is 2.71. The summed E-state index contributed by atoms with van der Waals surface area (Å²) in [6, 6.07) is 7.43. The van der Waals surface area contributed by atoms with Crippen LogP contribution in [0.25, 0.3) is 22.8 Å². The van der Waals surface area contributed by atoms with Crippen molar-refractivity contribution in [2.75, 3.05) is 5.73 Å². The molecule has 90 valence electrons. The van der Waals surface area contributed by atoms with Crippen LogP contribution in [0.5, 0.6) is 0 Å². The molecule has 3 aromatic rings. The molecule has 0 atom stereocenters. The van der Waals surface area contributed by atoms with Gasteiger partial charge in [-0.25, -0.2) is 0 Å². The van der Waals surface area contributed by atoms with Crippen molar-refractivity contribution in [2.24, 2.45) is 0 Å². The zero-order valence-electron chi connectivity index (χ0n) is 9.75. The molecule has 5 heteroatoms. The summed E-state index contributed by atoms with van der Waals surface area (Å²) in [4.78, 5) is 4.26. The fourth-order valence-corrected chi connectivity index (χ4v) is 1.82. The van der Waals surface area contributed by atoms with Crippen molar-refractivity contribution in [1.82, 2.24) is 10.1 Å². The van der Waals surface area contributed by atoms with Crippen molar-refractivity contribution in [2.45, 2.75) is 6.92 Å². The normalized spacial score (nSPS) is 10.7. The lowest BCUT2D eigenvalue weighted by molar-refractivity contribution is 0.420. The molecule has 0 aromatic carbocycles. The Morgan fingerprint density at radius 2 is 2.06 bits per heavy atom. The molecule has 3 heterocycles. The minimum absolute atomic E-state index is 0.305. The van der Waals surface area contributed by atoms with Gasteiger partial charge in [0, 0.05) is 6.20 Å².